The molecule has 1 saturated heterocycles. The first-order valence-corrected chi connectivity index (χ1v) is 13.3. The van der Waals surface area contributed by atoms with Crippen LogP contribution in [0.1, 0.15) is 85.6 Å². The third-order valence-electron chi connectivity index (χ3n) is 8.07. The van der Waals surface area contributed by atoms with Gasteiger partial charge in [-0.3, -0.25) is 0 Å². The van der Waals surface area contributed by atoms with E-state index in [1.165, 1.54) is 16.7 Å². The number of aryl methyl sites for hydroxylation is 2. The number of hydrogen-bond donors (Lipinski definition) is 2. The summed E-state index contributed by atoms with van der Waals surface area (Å²) in [6.45, 7) is 10.4. The molecule has 1 atom stereocenters. The highest BCUT2D eigenvalue weighted by atomic mass is 19.4. The monoisotopic (exact) mass is 511 g/mol. The quantitative estimate of drug-likeness (QED) is 0.369. The summed E-state index contributed by atoms with van der Waals surface area (Å²) in [6, 6.07) is 6.13. The second kappa shape index (κ2) is 9.78. The fourth-order valence-electron chi connectivity index (χ4n) is 6.09. The van der Waals surface area contributed by atoms with Crippen molar-refractivity contribution in [3.63, 3.8) is 0 Å². The summed E-state index contributed by atoms with van der Waals surface area (Å²) < 4.78 is 40.2. The van der Waals surface area contributed by atoms with E-state index in [1.807, 2.05) is 13.8 Å². The minimum absolute atomic E-state index is 0.0926. The molecule has 0 amide bonds. The highest BCUT2D eigenvalue weighted by Crippen LogP contribution is 2.41. The van der Waals surface area contributed by atoms with E-state index in [4.69, 9.17) is 15.7 Å². The van der Waals surface area contributed by atoms with Crippen LogP contribution in [0.5, 0.6) is 0 Å². The summed E-state index contributed by atoms with van der Waals surface area (Å²) >= 11 is 0. The molecule has 0 radical (unpaired) electrons. The summed E-state index contributed by atoms with van der Waals surface area (Å²) in [5.41, 5.74) is 10.8. The van der Waals surface area contributed by atoms with Gasteiger partial charge < -0.3 is 16.0 Å². The van der Waals surface area contributed by atoms with Gasteiger partial charge >= 0.3 is 6.18 Å². The van der Waals surface area contributed by atoms with Crippen molar-refractivity contribution in [3.05, 3.63) is 57.9 Å². The number of nitrogens with two attached hydrogens (primary N) is 1. The van der Waals surface area contributed by atoms with Crippen LogP contribution in [-0.2, 0) is 19.0 Å². The number of nitrogen functional groups attached to an aromatic ring is 1. The lowest BCUT2D eigenvalue weighted by Gasteiger charge is -2.35. The highest BCUT2D eigenvalue weighted by Gasteiger charge is 2.32. The van der Waals surface area contributed by atoms with Gasteiger partial charge in [0.2, 0.25) is 0 Å². The molecule has 2 aromatic carbocycles. The van der Waals surface area contributed by atoms with Crippen LogP contribution in [-0.4, -0.2) is 34.0 Å². The Morgan fingerprint density at radius 1 is 1.00 bits per heavy atom. The van der Waals surface area contributed by atoms with Gasteiger partial charge in [-0.15, -0.1) is 0 Å². The third kappa shape index (κ3) is 5.13. The lowest BCUT2D eigenvalue weighted by atomic mass is 9.84. The first-order valence-electron chi connectivity index (χ1n) is 13.3. The first-order chi connectivity index (χ1) is 17.5. The van der Waals surface area contributed by atoms with Gasteiger partial charge in [-0.2, -0.15) is 13.2 Å². The molecule has 1 aliphatic carbocycles. The predicted molar refractivity (Wildman–Crippen MR) is 143 cm³/mol. The van der Waals surface area contributed by atoms with Gasteiger partial charge in [-0.05, 0) is 125 Å². The second-order valence-corrected chi connectivity index (χ2v) is 10.9. The molecular weight excluding hydrogens is 475 g/mol. The maximum atomic E-state index is 13.4. The van der Waals surface area contributed by atoms with Crippen LogP contribution in [0, 0.1) is 6.92 Å². The van der Waals surface area contributed by atoms with E-state index in [-0.39, 0.29) is 5.69 Å². The molecule has 0 spiro atoms. The van der Waals surface area contributed by atoms with Gasteiger partial charge in [0, 0.05) is 17.1 Å². The Bertz CT molecular complexity index is 1310. The zero-order valence-electron chi connectivity index (χ0n) is 22.0. The van der Waals surface area contributed by atoms with E-state index in [2.05, 4.69) is 30.1 Å². The fourth-order valence-corrected chi connectivity index (χ4v) is 6.09. The van der Waals surface area contributed by atoms with E-state index in [0.29, 0.717) is 29.2 Å². The smallest absolute Gasteiger partial charge is 0.399 e. The van der Waals surface area contributed by atoms with Crippen LogP contribution in [0.15, 0.2) is 24.3 Å². The summed E-state index contributed by atoms with van der Waals surface area (Å²) in [6.07, 6.45) is 1.01. The largest absolute Gasteiger partial charge is 0.416 e. The zero-order valence-corrected chi connectivity index (χ0v) is 22.0. The predicted octanol–water partition coefficient (Wildman–Crippen LogP) is 6.79. The molecule has 0 saturated carbocycles. The maximum absolute atomic E-state index is 13.4. The molecule has 3 N–H and O–H groups in total. The van der Waals surface area contributed by atoms with E-state index in [1.54, 1.807) is 6.07 Å². The summed E-state index contributed by atoms with van der Waals surface area (Å²) in [5, 5.41) is 4.37. The maximum Gasteiger partial charge on any atom is 0.416 e. The number of rotatable bonds is 5. The van der Waals surface area contributed by atoms with Crippen molar-refractivity contribution in [2.24, 2.45) is 0 Å². The number of halogens is 3. The van der Waals surface area contributed by atoms with E-state index in [9.17, 15) is 13.2 Å². The third-order valence-corrected chi connectivity index (χ3v) is 8.07. The lowest BCUT2D eigenvalue weighted by Crippen LogP contribution is -2.38. The van der Waals surface area contributed by atoms with Gasteiger partial charge in [0.25, 0.3) is 0 Å². The van der Waals surface area contributed by atoms with Gasteiger partial charge in [0.15, 0.2) is 0 Å². The Kier molecular flexibility index (Phi) is 6.81. The van der Waals surface area contributed by atoms with Crippen molar-refractivity contribution in [2.45, 2.75) is 84.0 Å². The fraction of sp³-hybridized carbons (Fsp3) is 0.517. The van der Waals surface area contributed by atoms with Crippen molar-refractivity contribution >= 4 is 22.4 Å². The van der Waals surface area contributed by atoms with Crippen molar-refractivity contribution in [3.8, 4) is 0 Å². The Hall–Kier alpha value is -2.87. The van der Waals surface area contributed by atoms with Gasteiger partial charge in [-0.25, -0.2) is 9.97 Å². The molecule has 8 heteroatoms. The average Bonchev–Trinajstić information content (AvgIpc) is 3.33. The van der Waals surface area contributed by atoms with Crippen LogP contribution in [0.3, 0.4) is 0 Å². The number of likely N-dealkylation sites (tertiary alicyclic amines) is 1. The van der Waals surface area contributed by atoms with Crippen molar-refractivity contribution in [2.75, 3.05) is 24.1 Å². The molecule has 1 unspecified atom stereocenters. The highest BCUT2D eigenvalue weighted by molar-refractivity contribution is 5.93. The van der Waals surface area contributed by atoms with Gasteiger partial charge in [0.1, 0.15) is 11.6 Å². The van der Waals surface area contributed by atoms with Gasteiger partial charge in [0.05, 0.1) is 17.1 Å². The summed E-state index contributed by atoms with van der Waals surface area (Å²) in [4.78, 5) is 12.1. The Morgan fingerprint density at radius 2 is 1.70 bits per heavy atom. The molecule has 2 aliphatic rings. The Labute approximate surface area is 216 Å². The van der Waals surface area contributed by atoms with Gasteiger partial charge in [-0.1, -0.05) is 0 Å². The van der Waals surface area contributed by atoms with Crippen molar-refractivity contribution in [1.82, 2.24) is 14.9 Å². The first kappa shape index (κ1) is 25.8. The van der Waals surface area contributed by atoms with Crippen LogP contribution < -0.4 is 11.1 Å². The molecule has 5 nitrogen and oxygen atoms in total. The molecule has 1 aromatic heterocycles. The number of aromatic nitrogens is 2. The zero-order chi connectivity index (χ0) is 26.5. The normalized spacial score (nSPS) is 17.9. The van der Waals surface area contributed by atoms with Crippen molar-refractivity contribution in [1.29, 1.82) is 0 Å². The van der Waals surface area contributed by atoms with Crippen LogP contribution in [0.2, 0.25) is 0 Å². The number of nitrogens with zero attached hydrogens (tertiary/aromatic N) is 3. The number of fused-ring (bicyclic) bond motifs is 3. The number of alkyl halides is 3. The van der Waals surface area contributed by atoms with E-state index < -0.39 is 17.8 Å². The Morgan fingerprint density at radius 3 is 2.38 bits per heavy atom. The molecule has 3 aromatic rings. The van der Waals surface area contributed by atoms with Crippen LogP contribution in [0.4, 0.5) is 24.7 Å². The topological polar surface area (TPSA) is 67.1 Å². The van der Waals surface area contributed by atoms with Crippen LogP contribution >= 0.6 is 0 Å². The standard InChI is InChI=1S/C29H36F3N5/c1-16(2)37-10-8-19(9-11-37)25-15-26-27(24-7-5-6-23(24)25)35-18(4)36-28(26)34-17(3)20-12-21(29(30,31)32)14-22(33)13-20/h12-17,19H,5-11,33H2,1-4H3,(H,34,35,36). The van der Waals surface area contributed by atoms with Crippen molar-refractivity contribution < 1.29 is 13.2 Å². The second-order valence-electron chi connectivity index (χ2n) is 10.9. The minimum Gasteiger partial charge on any atom is -0.399 e. The Balaban J connectivity index is 1.54. The van der Waals surface area contributed by atoms with E-state index >= 15 is 0 Å². The van der Waals surface area contributed by atoms with Crippen LogP contribution in [0.25, 0.3) is 10.9 Å². The number of nitrogens with one attached hydrogen (secondary N) is 1. The average molecular weight is 512 g/mol. The summed E-state index contributed by atoms with van der Waals surface area (Å²) in [7, 11) is 0. The molecule has 1 fully saturated rings. The number of benzene rings is 2. The number of piperidine rings is 1. The lowest BCUT2D eigenvalue weighted by molar-refractivity contribution is -0.137. The summed E-state index contributed by atoms with van der Waals surface area (Å²) in [5.74, 6) is 1.82. The molecule has 198 valence electrons. The number of anilines is 2. The molecule has 2 heterocycles. The molecule has 5 rings (SSSR count). The molecule has 1 aliphatic heterocycles. The SMILES string of the molecule is Cc1nc(NC(C)c2cc(N)cc(C(F)(F)F)c2)c2cc(C3CCN(C(C)C)CC3)c3c(c2n1)CCC3. The minimum atomic E-state index is -4.46. The molecular formula is C29H36F3N5. The number of hydrogen-bond acceptors (Lipinski definition) is 5. The van der Waals surface area contributed by atoms with E-state index in [0.717, 1.165) is 68.2 Å². The molecule has 0 bridgehead atoms. The molecule has 37 heavy (non-hydrogen) atoms.